The molecule has 1 fully saturated rings. The van der Waals surface area contributed by atoms with Crippen molar-refractivity contribution in [2.45, 2.75) is 260 Å². The zero-order chi connectivity index (χ0) is 73.4. The molecule has 0 aromatic heterocycles. The van der Waals surface area contributed by atoms with Gasteiger partial charge in [-0.25, -0.2) is 0 Å². The summed E-state index contributed by atoms with van der Waals surface area (Å²) in [6.07, 6.45) is 4.66. The van der Waals surface area contributed by atoms with Crippen LogP contribution in [0, 0.1) is 35.5 Å². The van der Waals surface area contributed by atoms with Crippen LogP contribution >= 0.6 is 11.8 Å². The van der Waals surface area contributed by atoms with Crippen LogP contribution in [0.25, 0.3) is 0 Å². The predicted octanol–water partition coefficient (Wildman–Crippen LogP) is 4.04. The van der Waals surface area contributed by atoms with E-state index < -0.39 is 161 Å². The molecular weight excluding hydrogens is 1240 g/mol. The monoisotopic (exact) mass is 1360 g/mol. The Labute approximate surface area is 573 Å². The summed E-state index contributed by atoms with van der Waals surface area (Å²) in [4.78, 5) is 173. The molecule has 95 heavy (non-hydrogen) atoms. The molecule has 1 saturated heterocycles. The molecule has 7 N–H and O–H groups in total. The van der Waals surface area contributed by atoms with Crippen LogP contribution in [0.5, 0.6) is 0 Å². The molecule has 0 spiro atoms. The van der Waals surface area contributed by atoms with Crippen molar-refractivity contribution in [1.82, 2.24) is 55.6 Å². The first-order valence-corrected chi connectivity index (χ1v) is 35.4. The highest BCUT2D eigenvalue weighted by atomic mass is 32.2. The van der Waals surface area contributed by atoms with Crippen LogP contribution < -0.4 is 21.3 Å². The second-order valence-corrected chi connectivity index (χ2v) is 30.0. The Hall–Kier alpha value is -5.86. The van der Waals surface area contributed by atoms with Gasteiger partial charge in [0.05, 0.1) is 11.7 Å². The lowest BCUT2D eigenvalue weighted by atomic mass is 9.91. The molecule has 11 amide bonds. The summed E-state index contributed by atoms with van der Waals surface area (Å²) >= 11 is 1.35. The van der Waals surface area contributed by atoms with Crippen molar-refractivity contribution in [3.05, 3.63) is 12.2 Å². The van der Waals surface area contributed by atoms with E-state index in [1.54, 1.807) is 60.6 Å². The Morgan fingerprint density at radius 3 is 1.51 bits per heavy atom. The quantitative estimate of drug-likeness (QED) is 0.0561. The number of nitrogens with zero attached hydrogens (tertiary/aromatic N) is 7. The summed E-state index contributed by atoms with van der Waals surface area (Å²) in [6.45, 7) is 29.0. The van der Waals surface area contributed by atoms with E-state index in [0.717, 1.165) is 9.80 Å². The number of aliphatic hydroxyl groups excluding tert-OH is 2. The van der Waals surface area contributed by atoms with Crippen LogP contribution in [0.3, 0.4) is 0 Å². The third-order valence-electron chi connectivity index (χ3n) is 17.9. The zero-order valence-electron chi connectivity index (χ0n) is 62.1. The summed E-state index contributed by atoms with van der Waals surface area (Å²) in [6, 6.07) is -14.5. The Balaban J connectivity index is 4.58. The number of amides is 11. The fraction of sp³-hybridized carbons (Fsp3) is 0.812. The molecule has 1 aliphatic heterocycles. The van der Waals surface area contributed by atoms with Crippen LogP contribution in [0.4, 0.5) is 0 Å². The molecule has 1 heterocycles. The van der Waals surface area contributed by atoms with Crippen molar-refractivity contribution in [3.8, 4) is 0 Å². The minimum Gasteiger partial charge on any atom is -0.396 e. The Morgan fingerprint density at radius 2 is 1.00 bits per heavy atom. The van der Waals surface area contributed by atoms with Gasteiger partial charge in [-0.2, -0.15) is 11.8 Å². The summed E-state index contributed by atoms with van der Waals surface area (Å²) in [5, 5.41) is 44.2. The van der Waals surface area contributed by atoms with Gasteiger partial charge in [-0.1, -0.05) is 102 Å². The molecule has 0 unspecified atom stereocenters. The average molecular weight is 1360 g/mol. The van der Waals surface area contributed by atoms with Crippen molar-refractivity contribution in [3.63, 3.8) is 0 Å². The predicted molar refractivity (Wildman–Crippen MR) is 372 cm³/mol. The maximum Gasteiger partial charge on any atom is 0.246 e. The van der Waals surface area contributed by atoms with E-state index >= 15 is 28.8 Å². The molecule has 0 saturated carbocycles. The fourth-order valence-corrected chi connectivity index (χ4v) is 12.9. The number of allylic oxidation sites excluding steroid dienone is 2. The number of nitrogens with one attached hydrogen (secondary N) is 4. The van der Waals surface area contributed by atoms with Gasteiger partial charge in [-0.15, -0.1) is 0 Å². The SMILES string of the molecule is C/C=C/C[C@@H](C)[C@@H](O)[C@H]1C(=O)N[C@H](CC)C(=O)N(C)[C@H](CSCCCCCO)C(=O)N(C)[C@@H](CC(C)(C)O)C(=O)N[C@H](C(C)C)C(=O)N(C)[C@H](CC(C)C)C(=O)N[C@H](C)C(=O)N[C@@H](C)C(=O)N(C)[C@H](CC(C)C)C(=O)N(C)[C@H](CCC(C)C)C(=O)N(C)[C@H](C(C)C)C(=O)N1C. The molecule has 546 valence electrons. The number of thioether (sulfide) groups is 1. The molecule has 0 bridgehead atoms. The Morgan fingerprint density at radius 1 is 0.516 bits per heavy atom. The van der Waals surface area contributed by atoms with E-state index in [0.29, 0.717) is 31.4 Å². The van der Waals surface area contributed by atoms with Crippen molar-refractivity contribution in [1.29, 1.82) is 0 Å². The van der Waals surface area contributed by atoms with Gasteiger partial charge < -0.3 is 70.9 Å². The largest absolute Gasteiger partial charge is 0.396 e. The van der Waals surface area contributed by atoms with Crippen molar-refractivity contribution < 1.29 is 68.1 Å². The summed E-state index contributed by atoms with van der Waals surface area (Å²) in [5.74, 6) is -9.65. The highest BCUT2D eigenvalue weighted by Gasteiger charge is 2.47. The summed E-state index contributed by atoms with van der Waals surface area (Å²) < 4.78 is 0. The standard InChI is InChI=1S/C69H125N11O14S/c1-25-27-31-45(13)57(82)56-61(86)72-48(26-2)63(88)78(22)53(39-95-35-30-28-29-34-81)66(91)77(21)52(38-69(16,17)94)60(85)73-54(43(9)10)67(92)75(19)50(36-41(5)6)59(84)70-46(14)58(83)71-47(15)62(87)76(20)51(37-42(7)8)65(90)74(18)49(33-32-40(3)4)64(89)79(23)55(44(11)12)68(93)80(56)24/h25,27,40-57,81-82,94H,26,28-39H2,1-24H3,(H,70,84)(H,71,83)(H,72,86)(H,73,85)/b27-25+/t45-,46-,47+,48-,49-,50-,51-,52+,53-,54-,55-,56+,57-/m1/s1. The Kier molecular flexibility index (Phi) is 37.4. The molecule has 1 rings (SSSR count). The molecule has 26 heteroatoms. The van der Waals surface area contributed by atoms with Crippen molar-refractivity contribution in [2.75, 3.05) is 67.4 Å². The normalized spacial score (nSPS) is 26.3. The first-order valence-electron chi connectivity index (χ1n) is 34.3. The van der Waals surface area contributed by atoms with Crippen molar-refractivity contribution in [2.24, 2.45) is 35.5 Å². The van der Waals surface area contributed by atoms with Crippen LogP contribution in [0.15, 0.2) is 12.2 Å². The number of aliphatic hydroxyl groups is 3. The number of carbonyl (C=O) groups excluding carboxylic acids is 11. The number of rotatable bonds is 23. The molecule has 0 aromatic rings. The highest BCUT2D eigenvalue weighted by molar-refractivity contribution is 7.99. The first kappa shape index (κ1) is 87.2. The fourth-order valence-electron chi connectivity index (χ4n) is 11.8. The van der Waals surface area contributed by atoms with Gasteiger partial charge >= 0.3 is 0 Å². The molecule has 25 nitrogen and oxygen atoms in total. The lowest BCUT2D eigenvalue weighted by molar-refractivity contribution is -0.157. The van der Waals surface area contributed by atoms with Crippen LogP contribution in [0.2, 0.25) is 0 Å². The number of hydrogen-bond donors (Lipinski definition) is 7. The number of unbranched alkanes of at least 4 members (excludes halogenated alkanes) is 2. The second-order valence-electron chi connectivity index (χ2n) is 28.9. The van der Waals surface area contributed by atoms with E-state index in [2.05, 4.69) is 21.3 Å². The molecule has 0 aliphatic carbocycles. The average Bonchev–Trinajstić information content (AvgIpc) is 0.811. The van der Waals surface area contributed by atoms with E-state index in [9.17, 15) is 39.3 Å². The zero-order valence-corrected chi connectivity index (χ0v) is 62.9. The van der Waals surface area contributed by atoms with Gasteiger partial charge in [-0.3, -0.25) is 52.7 Å². The smallest absolute Gasteiger partial charge is 0.246 e. The maximum absolute atomic E-state index is 15.4. The van der Waals surface area contributed by atoms with E-state index in [4.69, 9.17) is 0 Å². The lowest BCUT2D eigenvalue weighted by Crippen LogP contribution is -2.64. The third kappa shape index (κ3) is 26.2. The van der Waals surface area contributed by atoms with Gasteiger partial charge in [0.1, 0.15) is 66.5 Å². The topological polar surface area (TPSA) is 319 Å². The second kappa shape index (κ2) is 40.8. The Bertz CT molecular complexity index is 2560. The molecule has 0 aromatic carbocycles. The summed E-state index contributed by atoms with van der Waals surface area (Å²) in [5.41, 5.74) is -1.60. The minimum absolute atomic E-state index is 0.0113. The van der Waals surface area contributed by atoms with Gasteiger partial charge in [0.25, 0.3) is 0 Å². The number of hydrogen-bond acceptors (Lipinski definition) is 15. The van der Waals surface area contributed by atoms with E-state index in [1.807, 2.05) is 41.5 Å². The lowest BCUT2D eigenvalue weighted by Gasteiger charge is -2.41. The van der Waals surface area contributed by atoms with Gasteiger partial charge in [0, 0.05) is 68.1 Å². The molecule has 13 atom stereocenters. The maximum atomic E-state index is 15.4. The molecular formula is C69H125N11O14S. The molecule has 1 aliphatic rings. The van der Waals surface area contributed by atoms with Crippen LogP contribution in [-0.2, 0) is 52.7 Å². The first-order chi connectivity index (χ1) is 44.0. The van der Waals surface area contributed by atoms with E-state index in [1.165, 1.54) is 113 Å². The van der Waals surface area contributed by atoms with E-state index in [-0.39, 0.29) is 68.6 Å². The number of carbonyl (C=O) groups is 11. The third-order valence-corrected chi connectivity index (χ3v) is 19.1. The number of likely N-dealkylation sites (N-methyl/N-ethyl adjacent to an activating group) is 7. The minimum atomic E-state index is -1.67. The van der Waals surface area contributed by atoms with Gasteiger partial charge in [0.2, 0.25) is 65.0 Å². The van der Waals surface area contributed by atoms with Gasteiger partial charge in [-0.05, 0) is 127 Å². The molecule has 0 radical (unpaired) electrons. The summed E-state index contributed by atoms with van der Waals surface area (Å²) in [7, 11) is 9.84. The van der Waals surface area contributed by atoms with Gasteiger partial charge in [0.15, 0.2) is 0 Å². The highest BCUT2D eigenvalue weighted by Crippen LogP contribution is 2.27. The van der Waals surface area contributed by atoms with Crippen molar-refractivity contribution >= 4 is 76.7 Å². The van der Waals surface area contributed by atoms with Crippen LogP contribution in [0.1, 0.15) is 182 Å². The van der Waals surface area contributed by atoms with Crippen LogP contribution in [-0.4, -0.2) is 260 Å².